The second kappa shape index (κ2) is 7.27. The van der Waals surface area contributed by atoms with Gasteiger partial charge in [0.1, 0.15) is 5.75 Å². The van der Waals surface area contributed by atoms with Crippen molar-refractivity contribution >= 4 is 0 Å². The first-order chi connectivity index (χ1) is 8.17. The Hall–Kier alpha value is -1.10. The van der Waals surface area contributed by atoms with Gasteiger partial charge < -0.3 is 19.7 Å². The molecule has 0 bridgehead atoms. The number of hydrogen-bond acceptors (Lipinski definition) is 4. The molecule has 2 unspecified atom stereocenters. The summed E-state index contributed by atoms with van der Waals surface area (Å²) in [5.74, 6) is 0.808. The van der Waals surface area contributed by atoms with Gasteiger partial charge in [-0.15, -0.1) is 0 Å². The second-order valence-electron chi connectivity index (χ2n) is 3.94. The lowest BCUT2D eigenvalue weighted by molar-refractivity contribution is -0.0429. The quantitative estimate of drug-likeness (QED) is 0.755. The van der Waals surface area contributed by atoms with Crippen molar-refractivity contribution in [3.05, 3.63) is 29.8 Å². The Morgan fingerprint density at radius 2 is 1.88 bits per heavy atom. The van der Waals surface area contributed by atoms with Gasteiger partial charge in [0, 0.05) is 6.61 Å². The van der Waals surface area contributed by atoms with Crippen LogP contribution in [0.4, 0.5) is 0 Å². The molecule has 0 saturated carbocycles. The second-order valence-corrected chi connectivity index (χ2v) is 3.94. The lowest BCUT2D eigenvalue weighted by atomic mass is 10.1. The van der Waals surface area contributed by atoms with E-state index >= 15 is 0 Å². The van der Waals surface area contributed by atoms with Crippen molar-refractivity contribution < 1.29 is 19.7 Å². The van der Waals surface area contributed by atoms with Crippen LogP contribution in [0.15, 0.2) is 24.3 Å². The normalized spacial score (nSPS) is 14.4. The highest BCUT2D eigenvalue weighted by molar-refractivity contribution is 5.26. The number of benzene rings is 1. The van der Waals surface area contributed by atoms with Crippen LogP contribution in [-0.2, 0) is 11.3 Å². The fraction of sp³-hybridized carbons (Fsp3) is 0.538. The summed E-state index contributed by atoms with van der Waals surface area (Å²) in [6, 6.07) is 7.58. The number of methoxy groups -OCH3 is 1. The van der Waals surface area contributed by atoms with Crippen molar-refractivity contribution in [2.45, 2.75) is 32.2 Å². The zero-order valence-electron chi connectivity index (χ0n) is 10.3. The maximum absolute atomic E-state index is 9.57. The molecule has 0 aliphatic carbocycles. The highest BCUT2D eigenvalue weighted by Crippen LogP contribution is 2.13. The third-order valence-electron chi connectivity index (χ3n) is 2.64. The SMILES string of the molecule is COc1ccc(COC(C)C(O)CCO)cc1. The molecule has 1 aromatic rings. The summed E-state index contributed by atoms with van der Waals surface area (Å²) >= 11 is 0. The van der Waals surface area contributed by atoms with Crippen molar-refractivity contribution in [1.82, 2.24) is 0 Å². The molecule has 17 heavy (non-hydrogen) atoms. The van der Waals surface area contributed by atoms with E-state index in [1.807, 2.05) is 24.3 Å². The van der Waals surface area contributed by atoms with Gasteiger partial charge in [-0.2, -0.15) is 0 Å². The Morgan fingerprint density at radius 3 is 2.41 bits per heavy atom. The number of rotatable bonds is 7. The molecule has 4 heteroatoms. The maximum atomic E-state index is 9.57. The molecule has 0 aliphatic rings. The van der Waals surface area contributed by atoms with E-state index in [1.165, 1.54) is 0 Å². The van der Waals surface area contributed by atoms with E-state index in [4.69, 9.17) is 14.6 Å². The van der Waals surface area contributed by atoms with Crippen LogP contribution in [0.25, 0.3) is 0 Å². The molecule has 0 saturated heterocycles. The van der Waals surface area contributed by atoms with Gasteiger partial charge in [-0.05, 0) is 31.0 Å². The smallest absolute Gasteiger partial charge is 0.118 e. The van der Waals surface area contributed by atoms with Gasteiger partial charge in [0.25, 0.3) is 0 Å². The highest BCUT2D eigenvalue weighted by Gasteiger charge is 2.13. The fourth-order valence-corrected chi connectivity index (χ4v) is 1.43. The molecule has 0 aliphatic heterocycles. The lowest BCUT2D eigenvalue weighted by Gasteiger charge is -2.18. The van der Waals surface area contributed by atoms with E-state index in [1.54, 1.807) is 14.0 Å². The van der Waals surface area contributed by atoms with E-state index in [9.17, 15) is 5.11 Å². The monoisotopic (exact) mass is 240 g/mol. The number of ether oxygens (including phenoxy) is 2. The molecule has 2 atom stereocenters. The Balaban J connectivity index is 2.38. The van der Waals surface area contributed by atoms with Crippen LogP contribution in [0.1, 0.15) is 18.9 Å². The molecule has 0 spiro atoms. The Morgan fingerprint density at radius 1 is 1.24 bits per heavy atom. The molecule has 0 heterocycles. The minimum Gasteiger partial charge on any atom is -0.497 e. The largest absolute Gasteiger partial charge is 0.497 e. The first-order valence-corrected chi connectivity index (χ1v) is 5.71. The van der Waals surface area contributed by atoms with E-state index in [0.717, 1.165) is 11.3 Å². The molecular weight excluding hydrogens is 220 g/mol. The number of aliphatic hydroxyl groups is 2. The Bertz CT molecular complexity index is 310. The first-order valence-electron chi connectivity index (χ1n) is 5.71. The van der Waals surface area contributed by atoms with Crippen LogP contribution in [-0.4, -0.2) is 36.1 Å². The molecule has 0 aromatic heterocycles. The molecule has 0 amide bonds. The predicted octanol–water partition coefficient (Wildman–Crippen LogP) is 1.34. The topological polar surface area (TPSA) is 58.9 Å². The Labute approximate surface area is 102 Å². The summed E-state index contributed by atoms with van der Waals surface area (Å²) in [5, 5.41) is 18.3. The third-order valence-corrected chi connectivity index (χ3v) is 2.64. The predicted molar refractivity (Wildman–Crippen MR) is 65.0 cm³/mol. The summed E-state index contributed by atoms with van der Waals surface area (Å²) in [4.78, 5) is 0. The van der Waals surface area contributed by atoms with Gasteiger partial charge in [0.15, 0.2) is 0 Å². The van der Waals surface area contributed by atoms with E-state index in [-0.39, 0.29) is 12.7 Å². The summed E-state index contributed by atoms with van der Waals surface area (Å²) in [7, 11) is 1.62. The van der Waals surface area contributed by atoms with Crippen LogP contribution in [0.2, 0.25) is 0 Å². The first kappa shape index (κ1) is 14.0. The summed E-state index contributed by atoms with van der Waals surface area (Å²) in [5.41, 5.74) is 1.02. The summed E-state index contributed by atoms with van der Waals surface area (Å²) < 4.78 is 10.6. The number of hydrogen-bond donors (Lipinski definition) is 2. The molecule has 0 radical (unpaired) electrons. The van der Waals surface area contributed by atoms with Gasteiger partial charge in [-0.3, -0.25) is 0 Å². The van der Waals surface area contributed by atoms with Crippen molar-refractivity contribution in [3.8, 4) is 5.75 Å². The van der Waals surface area contributed by atoms with Crippen LogP contribution in [0.5, 0.6) is 5.75 Å². The van der Waals surface area contributed by atoms with Gasteiger partial charge in [-0.25, -0.2) is 0 Å². The molecular formula is C13H20O4. The summed E-state index contributed by atoms with van der Waals surface area (Å²) in [6.07, 6.45) is -0.577. The molecule has 1 rings (SSSR count). The lowest BCUT2D eigenvalue weighted by Crippen LogP contribution is -2.26. The zero-order chi connectivity index (χ0) is 12.7. The molecule has 4 nitrogen and oxygen atoms in total. The van der Waals surface area contributed by atoms with Crippen molar-refractivity contribution in [2.75, 3.05) is 13.7 Å². The van der Waals surface area contributed by atoms with E-state index in [2.05, 4.69) is 0 Å². The van der Waals surface area contributed by atoms with Crippen LogP contribution in [0.3, 0.4) is 0 Å². The Kier molecular flexibility index (Phi) is 5.97. The van der Waals surface area contributed by atoms with E-state index in [0.29, 0.717) is 13.0 Å². The number of aliphatic hydroxyl groups excluding tert-OH is 2. The van der Waals surface area contributed by atoms with Crippen LogP contribution in [0, 0.1) is 0 Å². The fourth-order valence-electron chi connectivity index (χ4n) is 1.43. The van der Waals surface area contributed by atoms with Crippen molar-refractivity contribution in [3.63, 3.8) is 0 Å². The standard InChI is InChI=1S/C13H20O4/c1-10(13(15)7-8-14)17-9-11-3-5-12(16-2)6-4-11/h3-6,10,13-15H,7-9H2,1-2H3. The minimum atomic E-state index is -0.627. The average Bonchev–Trinajstić information content (AvgIpc) is 2.36. The van der Waals surface area contributed by atoms with Crippen LogP contribution >= 0.6 is 0 Å². The minimum absolute atomic E-state index is 0.0304. The average molecular weight is 240 g/mol. The van der Waals surface area contributed by atoms with Gasteiger partial charge in [-0.1, -0.05) is 12.1 Å². The van der Waals surface area contributed by atoms with Gasteiger partial charge in [0.05, 0.1) is 25.9 Å². The zero-order valence-corrected chi connectivity index (χ0v) is 10.3. The van der Waals surface area contributed by atoms with Gasteiger partial charge in [0.2, 0.25) is 0 Å². The molecule has 96 valence electrons. The maximum Gasteiger partial charge on any atom is 0.118 e. The molecule has 1 aromatic carbocycles. The van der Waals surface area contributed by atoms with Crippen molar-refractivity contribution in [1.29, 1.82) is 0 Å². The molecule has 2 N–H and O–H groups in total. The summed E-state index contributed by atoms with van der Waals surface area (Å²) in [6.45, 7) is 2.20. The van der Waals surface area contributed by atoms with Crippen molar-refractivity contribution in [2.24, 2.45) is 0 Å². The van der Waals surface area contributed by atoms with Gasteiger partial charge >= 0.3 is 0 Å². The van der Waals surface area contributed by atoms with Crippen LogP contribution < -0.4 is 4.74 Å². The highest BCUT2D eigenvalue weighted by atomic mass is 16.5. The van der Waals surface area contributed by atoms with E-state index < -0.39 is 6.10 Å². The molecule has 0 fully saturated rings. The third kappa shape index (κ3) is 4.73.